The molecule has 0 aliphatic carbocycles. The molecule has 3 atom stereocenters. The van der Waals surface area contributed by atoms with Crippen LogP contribution in [0.25, 0.3) is 11.5 Å². The zero-order chi connectivity index (χ0) is 19.6. The Morgan fingerprint density at radius 2 is 2.00 bits per heavy atom. The van der Waals surface area contributed by atoms with Crippen molar-refractivity contribution in [1.82, 2.24) is 35.2 Å². The molecule has 1 aliphatic rings. The lowest BCUT2D eigenvalue weighted by molar-refractivity contribution is -0.142. The van der Waals surface area contributed by atoms with Crippen LogP contribution in [-0.2, 0) is 9.59 Å². The summed E-state index contributed by atoms with van der Waals surface area (Å²) >= 11 is 0. The molecule has 0 bridgehead atoms. The molecule has 1 aliphatic heterocycles. The molecule has 10 heteroatoms. The van der Waals surface area contributed by atoms with Gasteiger partial charge in [-0.15, -0.1) is 5.10 Å². The number of amides is 2. The SMILES string of the molecule is CNC(=O)C1CC(O)CN1C(=O)[C@H](C(C)C)n1cc(-c2ncccn2)nn1. The van der Waals surface area contributed by atoms with Crippen LogP contribution in [0, 0.1) is 5.92 Å². The highest BCUT2D eigenvalue weighted by Gasteiger charge is 2.42. The van der Waals surface area contributed by atoms with E-state index in [1.807, 2.05) is 13.8 Å². The fourth-order valence-electron chi connectivity index (χ4n) is 3.29. The number of aromatic nitrogens is 5. The van der Waals surface area contributed by atoms with Crippen LogP contribution in [-0.4, -0.2) is 72.5 Å². The van der Waals surface area contributed by atoms with Gasteiger partial charge in [0, 0.05) is 32.4 Å². The topological polar surface area (TPSA) is 126 Å². The molecule has 0 spiro atoms. The summed E-state index contributed by atoms with van der Waals surface area (Å²) in [5.74, 6) is -0.259. The predicted molar refractivity (Wildman–Crippen MR) is 95.1 cm³/mol. The summed E-state index contributed by atoms with van der Waals surface area (Å²) in [5.41, 5.74) is 0.457. The minimum atomic E-state index is -0.729. The molecule has 3 rings (SSSR count). The maximum absolute atomic E-state index is 13.2. The van der Waals surface area contributed by atoms with Crippen molar-refractivity contribution in [1.29, 1.82) is 0 Å². The van der Waals surface area contributed by atoms with Gasteiger partial charge < -0.3 is 15.3 Å². The van der Waals surface area contributed by atoms with Crippen molar-refractivity contribution in [3.8, 4) is 11.5 Å². The van der Waals surface area contributed by atoms with Gasteiger partial charge in [0.15, 0.2) is 5.82 Å². The van der Waals surface area contributed by atoms with Crippen LogP contribution >= 0.6 is 0 Å². The second-order valence-corrected chi connectivity index (χ2v) is 6.86. The van der Waals surface area contributed by atoms with Crippen LogP contribution in [0.4, 0.5) is 0 Å². The molecule has 2 N–H and O–H groups in total. The van der Waals surface area contributed by atoms with Crippen LogP contribution in [0.3, 0.4) is 0 Å². The fourth-order valence-corrected chi connectivity index (χ4v) is 3.29. The summed E-state index contributed by atoms with van der Waals surface area (Å²) in [5, 5.41) is 20.7. The van der Waals surface area contributed by atoms with Gasteiger partial charge in [-0.05, 0) is 12.0 Å². The predicted octanol–water partition coefficient (Wildman–Crippen LogP) is -0.360. The van der Waals surface area contributed by atoms with Crippen molar-refractivity contribution in [2.75, 3.05) is 13.6 Å². The molecule has 1 fully saturated rings. The van der Waals surface area contributed by atoms with Crippen molar-refractivity contribution >= 4 is 11.8 Å². The normalized spacial score (nSPS) is 20.7. The van der Waals surface area contributed by atoms with Gasteiger partial charge >= 0.3 is 0 Å². The average molecular weight is 373 g/mol. The Labute approximate surface area is 156 Å². The van der Waals surface area contributed by atoms with Crippen molar-refractivity contribution in [2.45, 2.75) is 38.5 Å². The highest BCUT2D eigenvalue weighted by atomic mass is 16.3. The van der Waals surface area contributed by atoms with Crippen molar-refractivity contribution in [3.05, 3.63) is 24.7 Å². The first-order valence-electron chi connectivity index (χ1n) is 8.81. The number of aliphatic hydroxyl groups is 1. The van der Waals surface area contributed by atoms with Gasteiger partial charge in [-0.3, -0.25) is 9.59 Å². The van der Waals surface area contributed by atoms with E-state index >= 15 is 0 Å². The average Bonchev–Trinajstić information content (AvgIpc) is 3.28. The molecule has 1 saturated heterocycles. The van der Waals surface area contributed by atoms with E-state index in [1.165, 1.54) is 16.6 Å². The molecule has 2 aromatic rings. The van der Waals surface area contributed by atoms with Gasteiger partial charge in [0.2, 0.25) is 11.8 Å². The summed E-state index contributed by atoms with van der Waals surface area (Å²) in [4.78, 5) is 35.0. The molecule has 2 unspecified atom stereocenters. The van der Waals surface area contributed by atoms with Crippen molar-refractivity contribution < 1.29 is 14.7 Å². The standard InChI is InChI=1S/C17H23N7O3/c1-10(2)14(17(27)23-8-11(25)7-13(23)16(26)18-3)24-9-12(21-22-24)15-19-5-4-6-20-15/h4-6,9-11,13-14,25H,7-8H2,1-3H3,(H,18,26)/t11?,13?,14-/m0/s1. The first-order chi connectivity index (χ1) is 12.9. The number of hydrogen-bond acceptors (Lipinski definition) is 7. The number of nitrogens with zero attached hydrogens (tertiary/aromatic N) is 6. The lowest BCUT2D eigenvalue weighted by atomic mass is 10.0. The maximum Gasteiger partial charge on any atom is 0.248 e. The number of hydrogen-bond donors (Lipinski definition) is 2. The lowest BCUT2D eigenvalue weighted by Crippen LogP contribution is -2.48. The van der Waals surface area contributed by atoms with Crippen LogP contribution in [0.15, 0.2) is 24.7 Å². The van der Waals surface area contributed by atoms with Crippen LogP contribution < -0.4 is 5.32 Å². The van der Waals surface area contributed by atoms with Crippen LogP contribution in [0.5, 0.6) is 0 Å². The zero-order valence-electron chi connectivity index (χ0n) is 15.5. The van der Waals surface area contributed by atoms with E-state index in [1.54, 1.807) is 24.7 Å². The summed E-state index contributed by atoms with van der Waals surface area (Å²) in [7, 11) is 1.51. The van der Waals surface area contributed by atoms with E-state index in [0.29, 0.717) is 11.5 Å². The molecule has 27 heavy (non-hydrogen) atoms. The van der Waals surface area contributed by atoms with Gasteiger partial charge in [-0.2, -0.15) is 0 Å². The smallest absolute Gasteiger partial charge is 0.248 e. The Morgan fingerprint density at radius 1 is 1.30 bits per heavy atom. The third kappa shape index (κ3) is 3.80. The minimum Gasteiger partial charge on any atom is -0.391 e. The minimum absolute atomic E-state index is 0.105. The quantitative estimate of drug-likeness (QED) is 0.733. The Kier molecular flexibility index (Phi) is 5.45. The molecular weight excluding hydrogens is 350 g/mol. The van der Waals surface area contributed by atoms with Gasteiger partial charge in [-0.1, -0.05) is 19.1 Å². The van der Waals surface area contributed by atoms with Gasteiger partial charge in [0.1, 0.15) is 17.8 Å². The monoisotopic (exact) mass is 373 g/mol. The zero-order valence-corrected chi connectivity index (χ0v) is 15.5. The fraction of sp³-hybridized carbons (Fsp3) is 0.529. The summed E-state index contributed by atoms with van der Waals surface area (Å²) in [6.07, 6.45) is 4.32. The van der Waals surface area contributed by atoms with E-state index in [2.05, 4.69) is 25.6 Å². The van der Waals surface area contributed by atoms with Gasteiger partial charge in [0.05, 0.1) is 12.3 Å². The van der Waals surface area contributed by atoms with E-state index in [9.17, 15) is 14.7 Å². The second kappa shape index (κ2) is 7.78. The number of nitrogens with one attached hydrogen (secondary N) is 1. The Morgan fingerprint density at radius 3 is 2.63 bits per heavy atom. The van der Waals surface area contributed by atoms with Gasteiger partial charge in [0.25, 0.3) is 0 Å². The summed E-state index contributed by atoms with van der Waals surface area (Å²) in [6.45, 7) is 3.90. The van der Waals surface area contributed by atoms with E-state index < -0.39 is 18.2 Å². The molecule has 2 aromatic heterocycles. The highest BCUT2D eigenvalue weighted by molar-refractivity contribution is 5.89. The number of likely N-dealkylation sites (N-methyl/N-ethyl adjacent to an activating group) is 1. The molecule has 0 aromatic carbocycles. The number of rotatable bonds is 5. The third-order valence-electron chi connectivity index (χ3n) is 4.59. The van der Waals surface area contributed by atoms with Crippen molar-refractivity contribution in [3.63, 3.8) is 0 Å². The largest absolute Gasteiger partial charge is 0.391 e. The third-order valence-corrected chi connectivity index (χ3v) is 4.59. The Hall–Kier alpha value is -2.88. The van der Waals surface area contributed by atoms with E-state index in [-0.39, 0.29) is 30.7 Å². The number of carbonyl (C=O) groups excluding carboxylic acids is 2. The molecule has 144 valence electrons. The van der Waals surface area contributed by atoms with E-state index in [0.717, 1.165) is 0 Å². The van der Waals surface area contributed by atoms with Crippen LogP contribution in [0.1, 0.15) is 26.3 Å². The molecule has 2 amide bonds. The molecular formula is C17H23N7O3. The number of β-amino-alcohol motifs (C(OH)–C–C–N with tert-alkyl or cyclic N) is 1. The Balaban J connectivity index is 1.88. The molecule has 3 heterocycles. The lowest BCUT2D eigenvalue weighted by Gasteiger charge is -2.29. The first kappa shape index (κ1) is 18.9. The summed E-state index contributed by atoms with van der Waals surface area (Å²) in [6, 6.07) is 0.345. The molecule has 10 nitrogen and oxygen atoms in total. The van der Waals surface area contributed by atoms with E-state index in [4.69, 9.17) is 0 Å². The maximum atomic E-state index is 13.2. The summed E-state index contributed by atoms with van der Waals surface area (Å²) < 4.78 is 1.48. The molecule has 0 saturated carbocycles. The number of aliphatic hydroxyl groups excluding tert-OH is 1. The second-order valence-electron chi connectivity index (χ2n) is 6.86. The Bertz CT molecular complexity index is 808. The first-order valence-corrected chi connectivity index (χ1v) is 8.81. The van der Waals surface area contributed by atoms with Crippen LogP contribution in [0.2, 0.25) is 0 Å². The highest BCUT2D eigenvalue weighted by Crippen LogP contribution is 2.27. The van der Waals surface area contributed by atoms with Crippen molar-refractivity contribution in [2.24, 2.45) is 5.92 Å². The molecule has 0 radical (unpaired) electrons. The number of carbonyl (C=O) groups is 2. The van der Waals surface area contributed by atoms with Gasteiger partial charge in [-0.25, -0.2) is 14.6 Å². The number of likely N-dealkylation sites (tertiary alicyclic amines) is 1.